The Labute approximate surface area is 124 Å². The summed E-state index contributed by atoms with van der Waals surface area (Å²) >= 11 is 1.80. The molecule has 2 rings (SSSR count). The average Bonchev–Trinajstić information content (AvgIpc) is 2.42. The van der Waals surface area contributed by atoms with E-state index in [9.17, 15) is 4.79 Å². The molecule has 0 radical (unpaired) electrons. The Bertz CT molecular complexity index is 470. The van der Waals surface area contributed by atoms with E-state index in [4.69, 9.17) is 0 Å². The molecule has 7 heteroatoms. The molecule has 1 unspecified atom stereocenters. The monoisotopic (exact) mass is 295 g/mol. The van der Waals surface area contributed by atoms with E-state index in [-0.39, 0.29) is 5.91 Å². The van der Waals surface area contributed by atoms with Crippen LogP contribution < -0.4 is 10.2 Å². The van der Waals surface area contributed by atoms with Gasteiger partial charge in [-0.15, -0.1) is 0 Å². The maximum absolute atomic E-state index is 11.7. The molecule has 1 N–H and O–H groups in total. The second-order valence-electron chi connectivity index (χ2n) is 5.00. The van der Waals surface area contributed by atoms with Crippen molar-refractivity contribution in [2.75, 3.05) is 48.9 Å². The maximum atomic E-state index is 11.7. The van der Waals surface area contributed by atoms with Gasteiger partial charge in [-0.05, 0) is 13.2 Å². The second kappa shape index (κ2) is 6.78. The van der Waals surface area contributed by atoms with Crippen molar-refractivity contribution in [1.82, 2.24) is 14.9 Å². The lowest BCUT2D eigenvalue weighted by molar-refractivity contribution is -0.129. The van der Waals surface area contributed by atoms with Gasteiger partial charge in [-0.3, -0.25) is 4.79 Å². The fraction of sp³-hybridized carbons (Fsp3) is 0.615. The minimum absolute atomic E-state index is 0.125. The summed E-state index contributed by atoms with van der Waals surface area (Å²) in [5.41, 5.74) is 0. The number of aromatic nitrogens is 2. The standard InChI is InChI=1S/C13H21N5OS/c1-10(8-20-3)16-11-6-12(15-9-14-11)18-5-4-17(2)13(19)7-18/h6,9-10H,4-5,7-8H2,1-3H3,(H,14,15,16). The van der Waals surface area contributed by atoms with Crippen LogP contribution in [0.15, 0.2) is 12.4 Å². The summed E-state index contributed by atoms with van der Waals surface area (Å²) in [7, 11) is 1.83. The first-order valence-corrected chi connectivity index (χ1v) is 8.06. The molecule has 0 bridgehead atoms. The number of carbonyl (C=O) groups is 1. The molecule has 1 aromatic rings. The van der Waals surface area contributed by atoms with Crippen molar-refractivity contribution in [1.29, 1.82) is 0 Å². The molecule has 1 saturated heterocycles. The third-order valence-electron chi connectivity index (χ3n) is 3.24. The first-order chi connectivity index (χ1) is 9.60. The number of nitrogens with one attached hydrogen (secondary N) is 1. The van der Waals surface area contributed by atoms with Crippen LogP contribution in [0.1, 0.15) is 6.92 Å². The van der Waals surface area contributed by atoms with Crippen molar-refractivity contribution in [3.63, 3.8) is 0 Å². The van der Waals surface area contributed by atoms with E-state index in [0.717, 1.165) is 30.5 Å². The summed E-state index contributed by atoms with van der Waals surface area (Å²) in [4.78, 5) is 24.0. The number of piperazine rings is 1. The number of hydrogen-bond donors (Lipinski definition) is 1. The Morgan fingerprint density at radius 3 is 2.95 bits per heavy atom. The number of nitrogens with zero attached hydrogens (tertiary/aromatic N) is 4. The lowest BCUT2D eigenvalue weighted by Crippen LogP contribution is -2.48. The molecule has 1 aliphatic rings. The minimum Gasteiger partial charge on any atom is -0.367 e. The van der Waals surface area contributed by atoms with E-state index in [1.54, 1.807) is 23.0 Å². The molecular formula is C13H21N5OS. The van der Waals surface area contributed by atoms with E-state index in [1.807, 2.05) is 18.0 Å². The summed E-state index contributed by atoms with van der Waals surface area (Å²) in [5.74, 6) is 2.76. The third-order valence-corrected chi connectivity index (χ3v) is 4.08. The van der Waals surface area contributed by atoms with Crippen LogP contribution in [0.4, 0.5) is 11.6 Å². The fourth-order valence-corrected chi connectivity index (χ4v) is 2.68. The molecule has 1 atom stereocenters. The Hall–Kier alpha value is -1.50. The number of anilines is 2. The average molecular weight is 295 g/mol. The van der Waals surface area contributed by atoms with Crippen LogP contribution in [-0.2, 0) is 4.79 Å². The zero-order valence-corrected chi connectivity index (χ0v) is 13.0. The fourth-order valence-electron chi connectivity index (χ4n) is 2.10. The predicted octanol–water partition coefficient (Wildman–Crippen LogP) is 0.918. The quantitative estimate of drug-likeness (QED) is 0.871. The van der Waals surface area contributed by atoms with E-state index in [0.29, 0.717) is 12.6 Å². The topological polar surface area (TPSA) is 61.4 Å². The van der Waals surface area contributed by atoms with Gasteiger partial charge in [0.05, 0.1) is 6.54 Å². The van der Waals surface area contributed by atoms with Gasteiger partial charge in [0.25, 0.3) is 0 Å². The molecule has 0 aromatic carbocycles. The molecule has 20 heavy (non-hydrogen) atoms. The Kier molecular flexibility index (Phi) is 5.05. The van der Waals surface area contributed by atoms with Crippen molar-refractivity contribution < 1.29 is 4.79 Å². The van der Waals surface area contributed by atoms with Crippen LogP contribution in [0, 0.1) is 0 Å². The molecule has 0 spiro atoms. The van der Waals surface area contributed by atoms with E-state index >= 15 is 0 Å². The van der Waals surface area contributed by atoms with Gasteiger partial charge in [-0.2, -0.15) is 11.8 Å². The largest absolute Gasteiger partial charge is 0.367 e. The zero-order chi connectivity index (χ0) is 14.5. The summed E-state index contributed by atoms with van der Waals surface area (Å²) in [6.07, 6.45) is 3.63. The Balaban J connectivity index is 2.04. The van der Waals surface area contributed by atoms with Crippen LogP contribution in [0.25, 0.3) is 0 Å². The smallest absolute Gasteiger partial charge is 0.241 e. The van der Waals surface area contributed by atoms with Gasteiger partial charge in [0.2, 0.25) is 5.91 Å². The van der Waals surface area contributed by atoms with Crippen LogP contribution >= 0.6 is 11.8 Å². The number of carbonyl (C=O) groups excluding carboxylic acids is 1. The molecule has 0 aliphatic carbocycles. The highest BCUT2D eigenvalue weighted by atomic mass is 32.2. The molecule has 2 heterocycles. The molecule has 1 aliphatic heterocycles. The van der Waals surface area contributed by atoms with Gasteiger partial charge in [0.1, 0.15) is 18.0 Å². The summed E-state index contributed by atoms with van der Waals surface area (Å²) in [5, 5.41) is 3.35. The highest BCUT2D eigenvalue weighted by molar-refractivity contribution is 7.98. The van der Waals surface area contributed by atoms with Crippen molar-refractivity contribution in [3.05, 3.63) is 12.4 Å². The van der Waals surface area contributed by atoms with Gasteiger partial charge in [-0.25, -0.2) is 9.97 Å². The number of thioether (sulfide) groups is 1. The first-order valence-electron chi connectivity index (χ1n) is 6.66. The van der Waals surface area contributed by atoms with Crippen LogP contribution in [0.2, 0.25) is 0 Å². The summed E-state index contributed by atoms with van der Waals surface area (Å²) in [6, 6.07) is 2.26. The van der Waals surface area contributed by atoms with Gasteiger partial charge in [0, 0.05) is 38.0 Å². The van der Waals surface area contributed by atoms with E-state index in [2.05, 4.69) is 28.5 Å². The van der Waals surface area contributed by atoms with Crippen molar-refractivity contribution >= 4 is 29.3 Å². The van der Waals surface area contributed by atoms with Crippen molar-refractivity contribution in [3.8, 4) is 0 Å². The Morgan fingerprint density at radius 1 is 1.45 bits per heavy atom. The van der Waals surface area contributed by atoms with Crippen LogP contribution in [-0.4, -0.2) is 65.5 Å². The van der Waals surface area contributed by atoms with Crippen molar-refractivity contribution in [2.24, 2.45) is 0 Å². The molecule has 1 aromatic heterocycles. The highest BCUT2D eigenvalue weighted by Crippen LogP contribution is 2.17. The van der Waals surface area contributed by atoms with Crippen LogP contribution in [0.3, 0.4) is 0 Å². The lowest BCUT2D eigenvalue weighted by Gasteiger charge is -2.32. The number of rotatable bonds is 5. The molecule has 110 valence electrons. The van der Waals surface area contributed by atoms with Crippen molar-refractivity contribution in [2.45, 2.75) is 13.0 Å². The van der Waals surface area contributed by atoms with Gasteiger partial charge < -0.3 is 15.1 Å². The van der Waals surface area contributed by atoms with Crippen LogP contribution in [0.5, 0.6) is 0 Å². The Morgan fingerprint density at radius 2 is 2.25 bits per heavy atom. The van der Waals surface area contributed by atoms with Gasteiger partial charge >= 0.3 is 0 Å². The summed E-state index contributed by atoms with van der Waals surface area (Å²) in [6.45, 7) is 4.04. The number of amides is 1. The molecule has 1 amide bonds. The highest BCUT2D eigenvalue weighted by Gasteiger charge is 2.22. The normalized spacial score (nSPS) is 17.2. The predicted molar refractivity (Wildman–Crippen MR) is 83.3 cm³/mol. The first kappa shape index (κ1) is 14.9. The molecule has 1 fully saturated rings. The van der Waals surface area contributed by atoms with E-state index < -0.39 is 0 Å². The number of likely N-dealkylation sites (N-methyl/N-ethyl adjacent to an activating group) is 1. The molecule has 0 saturated carbocycles. The third kappa shape index (κ3) is 3.75. The minimum atomic E-state index is 0.125. The summed E-state index contributed by atoms with van der Waals surface area (Å²) < 4.78 is 0. The van der Waals surface area contributed by atoms with Gasteiger partial charge in [0.15, 0.2) is 0 Å². The second-order valence-corrected chi connectivity index (χ2v) is 5.91. The number of hydrogen-bond acceptors (Lipinski definition) is 6. The van der Waals surface area contributed by atoms with E-state index in [1.165, 1.54) is 0 Å². The lowest BCUT2D eigenvalue weighted by atomic mass is 10.3. The molecular weight excluding hydrogens is 274 g/mol. The zero-order valence-electron chi connectivity index (χ0n) is 12.2. The maximum Gasteiger partial charge on any atom is 0.241 e. The SMILES string of the molecule is CSCC(C)Nc1cc(N2CCN(C)C(=O)C2)ncn1. The molecule has 6 nitrogen and oxygen atoms in total. The van der Waals surface area contributed by atoms with Gasteiger partial charge in [-0.1, -0.05) is 0 Å².